The van der Waals surface area contributed by atoms with Gasteiger partial charge in [0.25, 0.3) is 0 Å². The average Bonchev–Trinajstić information content (AvgIpc) is 2.82. The largest absolute Gasteiger partial charge is 0.251 e. The second-order valence-corrected chi connectivity index (χ2v) is 8.42. The molecule has 3 heteroatoms. The Labute approximate surface area is 212 Å². The smallest absolute Gasteiger partial charge is 0.135 e. The number of rotatable bonds is 14. The Balaban J connectivity index is 0.00000544. The number of benzene rings is 2. The molecular weight excluding hydrogens is 447 g/mol. The molecule has 0 aromatic heterocycles. The SMILES string of the molecule is CCCCCCCCCCCCCC#CC(=Nc1ccccc1)C(C)=Nc1ccccc1.[Ni]. The van der Waals surface area contributed by atoms with Crippen molar-refractivity contribution >= 4 is 22.8 Å². The van der Waals surface area contributed by atoms with Crippen LogP contribution >= 0.6 is 0 Å². The van der Waals surface area contributed by atoms with Gasteiger partial charge in [0, 0.05) is 22.9 Å². The molecule has 0 unspecified atom stereocenters. The van der Waals surface area contributed by atoms with E-state index in [4.69, 9.17) is 9.98 Å². The van der Waals surface area contributed by atoms with E-state index in [9.17, 15) is 0 Å². The van der Waals surface area contributed by atoms with Crippen molar-refractivity contribution in [2.24, 2.45) is 9.98 Å². The summed E-state index contributed by atoms with van der Waals surface area (Å²) in [6.45, 7) is 4.27. The third kappa shape index (κ3) is 13.9. The van der Waals surface area contributed by atoms with Gasteiger partial charge in [0.2, 0.25) is 0 Å². The zero-order valence-electron chi connectivity index (χ0n) is 20.5. The topological polar surface area (TPSA) is 24.7 Å². The van der Waals surface area contributed by atoms with E-state index in [1.54, 1.807) is 0 Å². The van der Waals surface area contributed by atoms with Gasteiger partial charge in [-0.05, 0) is 43.5 Å². The monoisotopic (exact) mass is 486 g/mol. The summed E-state index contributed by atoms with van der Waals surface area (Å²) in [5.74, 6) is 6.63. The first kappa shape index (κ1) is 28.9. The van der Waals surface area contributed by atoms with E-state index in [-0.39, 0.29) is 16.5 Å². The molecule has 0 aliphatic heterocycles. The minimum Gasteiger partial charge on any atom is -0.251 e. The van der Waals surface area contributed by atoms with E-state index in [1.165, 1.54) is 64.2 Å². The van der Waals surface area contributed by atoms with Gasteiger partial charge in [0.05, 0.1) is 17.1 Å². The van der Waals surface area contributed by atoms with Crippen molar-refractivity contribution in [3.8, 4) is 11.8 Å². The predicted molar refractivity (Wildman–Crippen MR) is 142 cm³/mol. The van der Waals surface area contributed by atoms with Crippen LogP contribution in [0.25, 0.3) is 0 Å². The first-order valence-electron chi connectivity index (χ1n) is 12.5. The number of hydrogen-bond donors (Lipinski definition) is 0. The molecule has 0 spiro atoms. The van der Waals surface area contributed by atoms with Crippen LogP contribution in [0.5, 0.6) is 0 Å². The van der Waals surface area contributed by atoms with Crippen molar-refractivity contribution in [2.75, 3.05) is 0 Å². The minimum atomic E-state index is 0. The number of hydrogen-bond acceptors (Lipinski definition) is 2. The summed E-state index contributed by atoms with van der Waals surface area (Å²) in [5.41, 5.74) is 3.45. The molecular formula is C30H40N2Ni. The van der Waals surface area contributed by atoms with Crippen LogP contribution in [0.2, 0.25) is 0 Å². The van der Waals surface area contributed by atoms with Crippen molar-refractivity contribution in [1.82, 2.24) is 0 Å². The Hall–Kier alpha value is -2.17. The van der Waals surface area contributed by atoms with Crippen LogP contribution in [0.4, 0.5) is 11.4 Å². The maximum atomic E-state index is 4.76. The van der Waals surface area contributed by atoms with Gasteiger partial charge >= 0.3 is 0 Å². The standard InChI is InChI=1S/C30H40N2.Ni/c1-3-4-5-6-7-8-9-10-11-12-13-14-21-26-30(32-29-24-19-16-20-25-29)27(2)31-28-22-17-15-18-23-28;/h15-20,22-25H,3-14H2,1-2H3;. The molecule has 0 radical (unpaired) electrons. The van der Waals surface area contributed by atoms with Crippen LogP contribution < -0.4 is 0 Å². The van der Waals surface area contributed by atoms with Crippen molar-refractivity contribution in [3.05, 3.63) is 60.7 Å². The third-order valence-electron chi connectivity index (χ3n) is 5.50. The minimum absolute atomic E-state index is 0. The number of para-hydroxylation sites is 2. The van der Waals surface area contributed by atoms with Gasteiger partial charge in [-0.1, -0.05) is 113 Å². The Bertz CT molecular complexity index is 860. The van der Waals surface area contributed by atoms with Crippen LogP contribution in [0.15, 0.2) is 70.6 Å². The van der Waals surface area contributed by atoms with E-state index in [2.05, 4.69) is 18.8 Å². The fraction of sp³-hybridized carbons (Fsp3) is 0.467. The summed E-state index contributed by atoms with van der Waals surface area (Å²) in [4.78, 5) is 9.48. The van der Waals surface area contributed by atoms with Crippen molar-refractivity contribution < 1.29 is 16.5 Å². The summed E-state index contributed by atoms with van der Waals surface area (Å²) in [6.07, 6.45) is 15.8. The van der Waals surface area contributed by atoms with Crippen molar-refractivity contribution in [2.45, 2.75) is 90.9 Å². The molecule has 0 N–H and O–H groups in total. The molecule has 2 nitrogen and oxygen atoms in total. The third-order valence-corrected chi connectivity index (χ3v) is 5.50. The maximum Gasteiger partial charge on any atom is 0.135 e. The molecule has 33 heavy (non-hydrogen) atoms. The molecule has 2 aromatic rings. The molecule has 0 aliphatic carbocycles. The maximum absolute atomic E-state index is 4.76. The van der Waals surface area contributed by atoms with Gasteiger partial charge in [0.1, 0.15) is 5.71 Å². The van der Waals surface area contributed by atoms with Crippen LogP contribution in [0, 0.1) is 11.8 Å². The van der Waals surface area contributed by atoms with Crippen LogP contribution in [-0.4, -0.2) is 11.4 Å². The molecule has 0 aliphatic rings. The number of nitrogens with zero attached hydrogens (tertiary/aromatic N) is 2. The fourth-order valence-corrected chi connectivity index (χ4v) is 3.60. The molecule has 0 atom stereocenters. The summed E-state index contributed by atoms with van der Waals surface area (Å²) in [6, 6.07) is 20.0. The summed E-state index contributed by atoms with van der Waals surface area (Å²) in [7, 11) is 0. The molecule has 0 heterocycles. The van der Waals surface area contributed by atoms with E-state index in [1.807, 2.05) is 67.6 Å². The zero-order valence-corrected chi connectivity index (χ0v) is 21.5. The predicted octanol–water partition coefficient (Wildman–Crippen LogP) is 9.25. The van der Waals surface area contributed by atoms with E-state index < -0.39 is 0 Å². The van der Waals surface area contributed by atoms with Gasteiger partial charge in [-0.2, -0.15) is 0 Å². The van der Waals surface area contributed by atoms with Crippen LogP contribution in [-0.2, 0) is 16.5 Å². The quantitative estimate of drug-likeness (QED) is 0.110. The molecule has 2 rings (SSSR count). The van der Waals surface area contributed by atoms with Gasteiger partial charge < -0.3 is 0 Å². The second-order valence-electron chi connectivity index (χ2n) is 8.42. The van der Waals surface area contributed by atoms with Gasteiger partial charge in [0.15, 0.2) is 0 Å². The molecule has 180 valence electrons. The van der Waals surface area contributed by atoms with E-state index in [0.717, 1.165) is 35.6 Å². The van der Waals surface area contributed by atoms with E-state index >= 15 is 0 Å². The summed E-state index contributed by atoms with van der Waals surface area (Å²) >= 11 is 0. The van der Waals surface area contributed by atoms with Gasteiger partial charge in [-0.3, -0.25) is 4.99 Å². The summed E-state index contributed by atoms with van der Waals surface area (Å²) < 4.78 is 0. The Morgan fingerprint density at radius 3 is 1.61 bits per heavy atom. The molecule has 0 saturated carbocycles. The second kappa shape index (κ2) is 19.3. The summed E-state index contributed by atoms with van der Waals surface area (Å²) in [5, 5.41) is 0. The average molecular weight is 487 g/mol. The number of aliphatic imine (C=N–C) groups is 2. The molecule has 2 aromatic carbocycles. The Kier molecular flexibility index (Phi) is 16.9. The van der Waals surface area contributed by atoms with Crippen molar-refractivity contribution in [3.63, 3.8) is 0 Å². The number of unbranched alkanes of at least 4 members (excludes halogenated alkanes) is 11. The zero-order chi connectivity index (χ0) is 22.7. The van der Waals surface area contributed by atoms with Gasteiger partial charge in [-0.15, -0.1) is 0 Å². The first-order chi connectivity index (χ1) is 15.8. The Morgan fingerprint density at radius 1 is 0.636 bits per heavy atom. The molecule has 0 saturated heterocycles. The van der Waals surface area contributed by atoms with E-state index in [0.29, 0.717) is 0 Å². The van der Waals surface area contributed by atoms with Crippen LogP contribution in [0.1, 0.15) is 90.9 Å². The Morgan fingerprint density at radius 2 is 1.09 bits per heavy atom. The first-order valence-corrected chi connectivity index (χ1v) is 12.5. The fourth-order valence-electron chi connectivity index (χ4n) is 3.60. The molecule has 0 amide bonds. The van der Waals surface area contributed by atoms with Gasteiger partial charge in [-0.25, -0.2) is 4.99 Å². The molecule has 0 bridgehead atoms. The van der Waals surface area contributed by atoms with Crippen LogP contribution in [0.3, 0.4) is 0 Å². The molecule has 0 fully saturated rings. The normalized spacial score (nSPS) is 11.5. The van der Waals surface area contributed by atoms with Crippen molar-refractivity contribution in [1.29, 1.82) is 0 Å².